The number of hydrogen-bond donors (Lipinski definition) is 1. The molecule has 1 heterocycles. The number of carbonyl (C=O) groups excluding carboxylic acids is 2. The molecule has 1 amide bonds. The van der Waals surface area contributed by atoms with E-state index in [9.17, 15) is 23.5 Å². The predicted octanol–water partition coefficient (Wildman–Crippen LogP) is 5.21. The molecule has 1 fully saturated rings. The van der Waals surface area contributed by atoms with Crippen molar-refractivity contribution in [2.75, 3.05) is 4.90 Å². The highest BCUT2D eigenvalue weighted by Crippen LogP contribution is 2.43. The van der Waals surface area contributed by atoms with E-state index >= 15 is 0 Å². The second kappa shape index (κ2) is 7.80. The summed E-state index contributed by atoms with van der Waals surface area (Å²) in [4.78, 5) is 26.9. The average Bonchev–Trinajstić information content (AvgIpc) is 3.01. The van der Waals surface area contributed by atoms with Crippen molar-refractivity contribution in [3.8, 4) is 0 Å². The minimum Gasteiger partial charge on any atom is -0.507 e. The van der Waals surface area contributed by atoms with E-state index in [4.69, 9.17) is 0 Å². The molecule has 1 atom stereocenters. The van der Waals surface area contributed by atoms with Crippen molar-refractivity contribution in [1.29, 1.82) is 0 Å². The molecule has 1 N–H and O–H groups in total. The molecule has 156 valence electrons. The van der Waals surface area contributed by atoms with Crippen LogP contribution in [0.25, 0.3) is 5.76 Å². The maximum Gasteiger partial charge on any atom is 0.300 e. The number of benzene rings is 3. The minimum absolute atomic E-state index is 0.150. The van der Waals surface area contributed by atoms with Crippen LogP contribution in [0.1, 0.15) is 28.3 Å². The molecule has 1 unspecified atom stereocenters. The largest absolute Gasteiger partial charge is 0.507 e. The Hall–Kier alpha value is -3.80. The van der Waals surface area contributed by atoms with Crippen LogP contribution in [0.4, 0.5) is 14.5 Å². The van der Waals surface area contributed by atoms with Gasteiger partial charge in [-0.15, -0.1) is 0 Å². The van der Waals surface area contributed by atoms with E-state index in [0.717, 1.165) is 28.2 Å². The van der Waals surface area contributed by atoms with E-state index in [0.29, 0.717) is 17.2 Å². The fraction of sp³-hybridized carbons (Fsp3) is 0.120. The number of nitrogens with zero attached hydrogens (tertiary/aromatic N) is 1. The van der Waals surface area contributed by atoms with Gasteiger partial charge in [-0.1, -0.05) is 42.5 Å². The number of aliphatic hydroxyl groups is 1. The molecule has 3 aromatic rings. The van der Waals surface area contributed by atoms with Crippen molar-refractivity contribution < 1.29 is 23.5 Å². The Labute approximate surface area is 178 Å². The number of aryl methyl sites for hydroxylation is 2. The van der Waals surface area contributed by atoms with Crippen molar-refractivity contribution in [1.82, 2.24) is 0 Å². The Kier molecular flexibility index (Phi) is 5.15. The van der Waals surface area contributed by atoms with Crippen molar-refractivity contribution in [2.45, 2.75) is 19.9 Å². The van der Waals surface area contributed by atoms with Gasteiger partial charge in [0.05, 0.1) is 17.3 Å². The summed E-state index contributed by atoms with van der Waals surface area (Å²) in [7, 11) is 0. The molecule has 1 saturated heterocycles. The van der Waals surface area contributed by atoms with Crippen molar-refractivity contribution >= 4 is 23.1 Å². The third kappa shape index (κ3) is 3.50. The maximum absolute atomic E-state index is 14.6. The van der Waals surface area contributed by atoms with Gasteiger partial charge in [-0.3, -0.25) is 14.5 Å². The molecule has 4 rings (SSSR count). The zero-order valence-corrected chi connectivity index (χ0v) is 16.9. The fourth-order valence-electron chi connectivity index (χ4n) is 3.75. The van der Waals surface area contributed by atoms with Gasteiger partial charge in [-0.05, 0) is 48.7 Å². The smallest absolute Gasteiger partial charge is 0.300 e. The normalized spacial score (nSPS) is 17.9. The van der Waals surface area contributed by atoms with Gasteiger partial charge >= 0.3 is 0 Å². The van der Waals surface area contributed by atoms with Gasteiger partial charge in [0.1, 0.15) is 17.4 Å². The number of carbonyl (C=O) groups is 2. The first-order chi connectivity index (χ1) is 14.8. The van der Waals surface area contributed by atoms with Gasteiger partial charge in [-0.25, -0.2) is 8.78 Å². The Balaban J connectivity index is 1.97. The SMILES string of the molecule is Cc1ccc(/C(O)=C2\C(=O)C(=O)N(c3ccc(F)cc3F)C2c2ccccc2)cc1C. The molecule has 3 aromatic carbocycles. The quantitative estimate of drug-likeness (QED) is 0.360. The molecule has 0 saturated carbocycles. The molecule has 1 aliphatic rings. The van der Waals surface area contributed by atoms with Crippen molar-refractivity contribution in [2.24, 2.45) is 0 Å². The Bertz CT molecular complexity index is 1230. The zero-order chi connectivity index (χ0) is 22.3. The highest BCUT2D eigenvalue weighted by atomic mass is 19.1. The Morgan fingerprint density at radius 3 is 2.26 bits per heavy atom. The number of anilines is 1. The van der Waals surface area contributed by atoms with E-state index in [2.05, 4.69) is 0 Å². The number of Topliss-reactive ketones (excluding diaryl/α,β-unsaturated/α-hetero) is 1. The highest BCUT2D eigenvalue weighted by molar-refractivity contribution is 6.51. The number of hydrogen-bond acceptors (Lipinski definition) is 3. The van der Waals surface area contributed by atoms with Crippen LogP contribution < -0.4 is 4.90 Å². The van der Waals surface area contributed by atoms with Gasteiger partial charge in [0.15, 0.2) is 0 Å². The van der Waals surface area contributed by atoms with Crippen LogP contribution in [0, 0.1) is 25.5 Å². The molecule has 6 heteroatoms. The highest BCUT2D eigenvalue weighted by Gasteiger charge is 2.47. The summed E-state index contributed by atoms with van der Waals surface area (Å²) in [5, 5.41) is 11.1. The molecular weight excluding hydrogens is 400 g/mol. The Morgan fingerprint density at radius 1 is 0.903 bits per heavy atom. The summed E-state index contributed by atoms with van der Waals surface area (Å²) in [6.45, 7) is 3.78. The maximum atomic E-state index is 14.6. The summed E-state index contributed by atoms with van der Waals surface area (Å²) in [5.74, 6) is -4.06. The zero-order valence-electron chi connectivity index (χ0n) is 16.9. The van der Waals surface area contributed by atoms with E-state index in [1.165, 1.54) is 0 Å². The first-order valence-corrected chi connectivity index (χ1v) is 9.68. The van der Waals surface area contributed by atoms with Gasteiger partial charge < -0.3 is 5.11 Å². The van der Waals surface area contributed by atoms with Crippen LogP contribution in [-0.2, 0) is 9.59 Å². The van der Waals surface area contributed by atoms with E-state index < -0.39 is 29.4 Å². The lowest BCUT2D eigenvalue weighted by Crippen LogP contribution is -2.30. The van der Waals surface area contributed by atoms with E-state index in [1.807, 2.05) is 13.8 Å². The monoisotopic (exact) mass is 419 g/mol. The molecule has 0 aromatic heterocycles. The second-order valence-electron chi connectivity index (χ2n) is 7.47. The summed E-state index contributed by atoms with van der Waals surface area (Å²) in [6.07, 6.45) is 0. The average molecular weight is 419 g/mol. The topological polar surface area (TPSA) is 57.6 Å². The van der Waals surface area contributed by atoms with Crippen LogP contribution in [0.15, 0.2) is 72.3 Å². The Morgan fingerprint density at radius 2 is 1.61 bits per heavy atom. The van der Waals surface area contributed by atoms with Gasteiger partial charge in [-0.2, -0.15) is 0 Å². The number of halogens is 2. The third-order valence-electron chi connectivity index (χ3n) is 5.51. The molecular formula is C25H19F2NO3. The molecule has 0 spiro atoms. The van der Waals surface area contributed by atoms with Gasteiger partial charge in [0.25, 0.3) is 11.7 Å². The minimum atomic E-state index is -1.07. The van der Waals surface area contributed by atoms with Gasteiger partial charge in [0.2, 0.25) is 0 Å². The van der Waals surface area contributed by atoms with E-state index in [1.54, 1.807) is 48.5 Å². The lowest BCUT2D eigenvalue weighted by atomic mass is 9.94. The summed E-state index contributed by atoms with van der Waals surface area (Å²) in [6, 6.07) is 15.4. The number of rotatable bonds is 3. The molecule has 1 aliphatic heterocycles. The molecule has 0 aliphatic carbocycles. The molecule has 0 bridgehead atoms. The fourth-order valence-corrected chi connectivity index (χ4v) is 3.75. The lowest BCUT2D eigenvalue weighted by Gasteiger charge is -2.25. The summed E-state index contributed by atoms with van der Waals surface area (Å²) < 4.78 is 28.1. The molecule has 0 radical (unpaired) electrons. The molecule has 4 nitrogen and oxygen atoms in total. The second-order valence-corrected chi connectivity index (χ2v) is 7.47. The van der Waals surface area contributed by atoms with Crippen molar-refractivity contribution in [3.63, 3.8) is 0 Å². The van der Waals surface area contributed by atoms with Gasteiger partial charge in [0, 0.05) is 11.6 Å². The van der Waals surface area contributed by atoms with Crippen LogP contribution >= 0.6 is 0 Å². The lowest BCUT2D eigenvalue weighted by molar-refractivity contribution is -0.132. The standard InChI is InChI=1S/C25H19F2NO3/c1-14-8-9-17(12-15(14)2)23(29)21-22(16-6-4-3-5-7-16)28(25(31)24(21)30)20-11-10-18(26)13-19(20)27/h3-13,22,29H,1-2H3/b23-21+. The summed E-state index contributed by atoms with van der Waals surface area (Å²) in [5.41, 5.74) is 2.40. The van der Waals surface area contributed by atoms with Crippen LogP contribution in [0.2, 0.25) is 0 Å². The number of ketones is 1. The van der Waals surface area contributed by atoms with Crippen LogP contribution in [0.5, 0.6) is 0 Å². The number of aliphatic hydroxyl groups excluding tert-OH is 1. The third-order valence-corrected chi connectivity index (χ3v) is 5.51. The first kappa shape index (κ1) is 20.5. The predicted molar refractivity (Wildman–Crippen MR) is 113 cm³/mol. The molecule has 31 heavy (non-hydrogen) atoms. The first-order valence-electron chi connectivity index (χ1n) is 9.68. The summed E-state index contributed by atoms with van der Waals surface area (Å²) >= 11 is 0. The van der Waals surface area contributed by atoms with Crippen LogP contribution in [0.3, 0.4) is 0 Å². The van der Waals surface area contributed by atoms with E-state index in [-0.39, 0.29) is 17.0 Å². The van der Waals surface area contributed by atoms with Crippen LogP contribution in [-0.4, -0.2) is 16.8 Å². The number of amides is 1. The van der Waals surface area contributed by atoms with Crippen molar-refractivity contribution in [3.05, 3.63) is 106 Å².